The van der Waals surface area contributed by atoms with E-state index in [0.717, 1.165) is 43.1 Å². The lowest BCUT2D eigenvalue weighted by molar-refractivity contribution is -0.137. The molecule has 3 aromatic rings. The molecule has 1 atom stereocenters. The van der Waals surface area contributed by atoms with E-state index in [0.29, 0.717) is 22.7 Å². The van der Waals surface area contributed by atoms with Crippen molar-refractivity contribution in [2.75, 3.05) is 19.1 Å². The van der Waals surface area contributed by atoms with Crippen LogP contribution in [-0.2, 0) is 16.1 Å². The first-order valence-electron chi connectivity index (χ1n) is 12.9. The molecule has 9 heteroatoms. The number of methoxy groups -OCH3 is 2. The number of carbonyl (C=O) groups is 3. The summed E-state index contributed by atoms with van der Waals surface area (Å²) >= 11 is 0. The first kappa shape index (κ1) is 27.0. The normalized spacial score (nSPS) is 14.6. The van der Waals surface area contributed by atoms with Gasteiger partial charge in [-0.2, -0.15) is 0 Å². The standard InChI is InChI=1S/C29H35N3O6/c1-18-14-24(37-3)27(25(15-18)38-4)32(21-11-6-5-7-12-21)29(36)19(2)30-28(35)23-16-20-10-8-9-13-22(20)31(23)17-26(33)34/h8-10,13-16,19,21H,5-7,11-12,17H2,1-4H3,(H,30,35)(H,33,34)/t19-/m1/s1. The summed E-state index contributed by atoms with van der Waals surface area (Å²) < 4.78 is 12.8. The van der Waals surface area contributed by atoms with Gasteiger partial charge in [0.2, 0.25) is 5.91 Å². The van der Waals surface area contributed by atoms with Crippen LogP contribution in [0.25, 0.3) is 10.9 Å². The van der Waals surface area contributed by atoms with Crippen molar-refractivity contribution in [3.63, 3.8) is 0 Å². The van der Waals surface area contributed by atoms with Crippen LogP contribution in [0, 0.1) is 6.92 Å². The van der Waals surface area contributed by atoms with Crippen LogP contribution in [0.15, 0.2) is 42.5 Å². The summed E-state index contributed by atoms with van der Waals surface area (Å²) in [5, 5.41) is 13.0. The molecule has 0 radical (unpaired) electrons. The topological polar surface area (TPSA) is 110 Å². The van der Waals surface area contributed by atoms with Crippen LogP contribution in [0.4, 0.5) is 5.69 Å². The van der Waals surface area contributed by atoms with Crippen molar-refractivity contribution in [3.05, 3.63) is 53.7 Å². The Bertz CT molecular complexity index is 1320. The molecule has 202 valence electrons. The molecule has 0 aliphatic heterocycles. The van der Waals surface area contributed by atoms with E-state index >= 15 is 0 Å². The molecule has 2 amide bonds. The fourth-order valence-electron chi connectivity index (χ4n) is 5.32. The number of hydrogen-bond acceptors (Lipinski definition) is 5. The van der Waals surface area contributed by atoms with Gasteiger partial charge in [-0.25, -0.2) is 0 Å². The molecule has 0 unspecified atom stereocenters. The number of para-hydroxylation sites is 1. The molecule has 1 aromatic heterocycles. The average Bonchev–Trinajstić information content (AvgIpc) is 3.27. The minimum atomic E-state index is -1.06. The summed E-state index contributed by atoms with van der Waals surface area (Å²) in [6, 6.07) is 11.6. The van der Waals surface area contributed by atoms with Gasteiger partial charge in [-0.15, -0.1) is 0 Å². The van der Waals surface area contributed by atoms with Gasteiger partial charge in [-0.3, -0.25) is 14.4 Å². The third kappa shape index (κ3) is 5.46. The fourth-order valence-corrected chi connectivity index (χ4v) is 5.32. The summed E-state index contributed by atoms with van der Waals surface area (Å²) in [5.41, 5.74) is 2.31. The van der Waals surface area contributed by atoms with Crippen molar-refractivity contribution in [2.24, 2.45) is 0 Å². The quantitative estimate of drug-likeness (QED) is 0.428. The number of carboxylic acid groups (broad SMARTS) is 1. The van der Waals surface area contributed by atoms with Gasteiger partial charge in [-0.1, -0.05) is 37.5 Å². The van der Waals surface area contributed by atoms with Crippen molar-refractivity contribution in [3.8, 4) is 11.5 Å². The average molecular weight is 522 g/mol. The number of carboxylic acids is 1. The van der Waals surface area contributed by atoms with Crippen LogP contribution in [0.5, 0.6) is 11.5 Å². The number of ether oxygens (including phenoxy) is 2. The second kappa shape index (κ2) is 11.6. The largest absolute Gasteiger partial charge is 0.494 e. The Kier molecular flexibility index (Phi) is 8.24. The molecule has 38 heavy (non-hydrogen) atoms. The zero-order valence-corrected chi connectivity index (χ0v) is 22.3. The van der Waals surface area contributed by atoms with E-state index in [1.807, 2.05) is 31.2 Å². The maximum Gasteiger partial charge on any atom is 0.323 e. The number of hydrogen-bond donors (Lipinski definition) is 2. The number of aromatic nitrogens is 1. The lowest BCUT2D eigenvalue weighted by Crippen LogP contribution is -2.51. The van der Waals surface area contributed by atoms with E-state index in [4.69, 9.17) is 9.47 Å². The molecule has 1 heterocycles. The van der Waals surface area contributed by atoms with Gasteiger partial charge in [-0.05, 0) is 56.5 Å². The van der Waals surface area contributed by atoms with Crippen LogP contribution in [0.3, 0.4) is 0 Å². The van der Waals surface area contributed by atoms with E-state index in [9.17, 15) is 19.5 Å². The number of fused-ring (bicyclic) bond motifs is 1. The maximum absolute atomic E-state index is 14.1. The van der Waals surface area contributed by atoms with E-state index in [1.54, 1.807) is 44.2 Å². The van der Waals surface area contributed by atoms with E-state index < -0.39 is 17.9 Å². The summed E-state index contributed by atoms with van der Waals surface area (Å²) in [6.07, 6.45) is 4.78. The van der Waals surface area contributed by atoms with Crippen LogP contribution < -0.4 is 19.7 Å². The van der Waals surface area contributed by atoms with Crippen LogP contribution in [0.2, 0.25) is 0 Å². The number of aryl methyl sites for hydroxylation is 1. The van der Waals surface area contributed by atoms with Crippen molar-refractivity contribution < 1.29 is 29.0 Å². The molecule has 0 bridgehead atoms. The molecule has 0 saturated heterocycles. The third-order valence-corrected chi connectivity index (χ3v) is 7.10. The smallest absolute Gasteiger partial charge is 0.323 e. The Balaban J connectivity index is 1.69. The number of rotatable bonds is 9. The molecule has 0 spiro atoms. The molecule has 9 nitrogen and oxygen atoms in total. The second-order valence-corrected chi connectivity index (χ2v) is 9.78. The number of benzene rings is 2. The lowest BCUT2D eigenvalue weighted by atomic mass is 9.93. The number of amides is 2. The fraction of sp³-hybridized carbons (Fsp3) is 0.414. The summed E-state index contributed by atoms with van der Waals surface area (Å²) in [5.74, 6) is -0.810. The molecule has 1 fully saturated rings. The van der Waals surface area contributed by atoms with Gasteiger partial charge < -0.3 is 29.4 Å². The number of aliphatic carboxylic acids is 1. The SMILES string of the molecule is COc1cc(C)cc(OC)c1N(C(=O)[C@@H](C)NC(=O)c1cc2ccccc2n1CC(=O)O)C1CCCCC1. The Hall–Kier alpha value is -4.01. The van der Waals surface area contributed by atoms with Gasteiger partial charge in [0.15, 0.2) is 0 Å². The molecular weight excluding hydrogens is 486 g/mol. The van der Waals surface area contributed by atoms with Gasteiger partial charge in [0.1, 0.15) is 35.5 Å². The zero-order chi connectivity index (χ0) is 27.4. The highest BCUT2D eigenvalue weighted by Crippen LogP contribution is 2.42. The molecule has 2 N–H and O–H groups in total. The highest BCUT2D eigenvalue weighted by molar-refractivity contribution is 6.05. The molecule has 1 aliphatic rings. The molecule has 1 saturated carbocycles. The summed E-state index contributed by atoms with van der Waals surface area (Å²) in [4.78, 5) is 40.8. The summed E-state index contributed by atoms with van der Waals surface area (Å²) in [6.45, 7) is 3.21. The van der Waals surface area contributed by atoms with Crippen LogP contribution in [-0.4, -0.2) is 53.8 Å². The Morgan fingerprint density at radius 1 is 1.05 bits per heavy atom. The van der Waals surface area contributed by atoms with Crippen molar-refractivity contribution in [2.45, 2.75) is 64.6 Å². The van der Waals surface area contributed by atoms with Crippen LogP contribution in [0.1, 0.15) is 55.1 Å². The molecule has 2 aromatic carbocycles. The van der Waals surface area contributed by atoms with Crippen molar-refractivity contribution >= 4 is 34.4 Å². The molecule has 4 rings (SSSR count). The highest BCUT2D eigenvalue weighted by atomic mass is 16.5. The monoisotopic (exact) mass is 521 g/mol. The Morgan fingerprint density at radius 2 is 1.68 bits per heavy atom. The Morgan fingerprint density at radius 3 is 2.29 bits per heavy atom. The number of nitrogens with one attached hydrogen (secondary N) is 1. The van der Waals surface area contributed by atoms with E-state index in [1.165, 1.54) is 4.57 Å². The minimum absolute atomic E-state index is 0.0698. The summed E-state index contributed by atoms with van der Waals surface area (Å²) in [7, 11) is 3.13. The number of anilines is 1. The van der Waals surface area contributed by atoms with Gasteiger partial charge in [0, 0.05) is 16.9 Å². The Labute approximate surface area is 222 Å². The second-order valence-electron chi connectivity index (χ2n) is 9.78. The lowest BCUT2D eigenvalue weighted by Gasteiger charge is -2.37. The van der Waals surface area contributed by atoms with Crippen molar-refractivity contribution in [1.82, 2.24) is 9.88 Å². The van der Waals surface area contributed by atoms with Gasteiger partial charge in [0.25, 0.3) is 5.91 Å². The van der Waals surface area contributed by atoms with Gasteiger partial charge >= 0.3 is 5.97 Å². The van der Waals surface area contributed by atoms with E-state index in [-0.39, 0.29) is 24.2 Å². The predicted molar refractivity (Wildman–Crippen MR) is 145 cm³/mol. The number of nitrogens with zero attached hydrogens (tertiary/aromatic N) is 2. The number of carbonyl (C=O) groups excluding carboxylic acids is 2. The maximum atomic E-state index is 14.1. The van der Waals surface area contributed by atoms with E-state index in [2.05, 4.69) is 5.32 Å². The molecular formula is C29H35N3O6. The third-order valence-electron chi connectivity index (χ3n) is 7.10. The van der Waals surface area contributed by atoms with Crippen molar-refractivity contribution in [1.29, 1.82) is 0 Å². The highest BCUT2D eigenvalue weighted by Gasteiger charge is 2.35. The minimum Gasteiger partial charge on any atom is -0.494 e. The molecule has 1 aliphatic carbocycles. The first-order valence-corrected chi connectivity index (χ1v) is 12.9. The van der Waals surface area contributed by atoms with Gasteiger partial charge in [0.05, 0.1) is 14.2 Å². The zero-order valence-electron chi connectivity index (χ0n) is 22.3. The predicted octanol–water partition coefficient (Wildman–Crippen LogP) is 4.54. The first-order chi connectivity index (χ1) is 18.2. The van der Waals surface area contributed by atoms with Crippen LogP contribution >= 0.6 is 0 Å².